The van der Waals surface area contributed by atoms with Crippen molar-refractivity contribution in [2.24, 2.45) is 5.92 Å². The highest BCUT2D eigenvalue weighted by Gasteiger charge is 2.56. The fourth-order valence-electron chi connectivity index (χ4n) is 2.66. The van der Waals surface area contributed by atoms with Crippen molar-refractivity contribution in [3.8, 4) is 0 Å². The fraction of sp³-hybridized carbons (Fsp3) is 0.692. The summed E-state index contributed by atoms with van der Waals surface area (Å²) in [5.41, 5.74) is 0.688. The van der Waals surface area contributed by atoms with Crippen molar-refractivity contribution in [2.75, 3.05) is 6.54 Å². The Morgan fingerprint density at radius 2 is 2.17 bits per heavy atom. The van der Waals surface area contributed by atoms with Crippen molar-refractivity contribution in [3.05, 3.63) is 11.6 Å². The lowest BCUT2D eigenvalue weighted by molar-refractivity contribution is -0.157. The van der Waals surface area contributed by atoms with E-state index in [2.05, 4.69) is 5.32 Å². The van der Waals surface area contributed by atoms with Gasteiger partial charge in [-0.3, -0.25) is 9.59 Å². The second-order valence-electron chi connectivity index (χ2n) is 5.17. The predicted octanol–water partition coefficient (Wildman–Crippen LogP) is 1.64. The molecule has 1 heterocycles. The molecule has 1 saturated heterocycles. The largest absolute Gasteiger partial charge is 0.342 e. The third kappa shape index (κ3) is 2.03. The van der Waals surface area contributed by atoms with E-state index in [1.54, 1.807) is 11.0 Å². The van der Waals surface area contributed by atoms with Gasteiger partial charge in [0.05, 0.1) is 0 Å². The molecular formula is C13H19ClN2O2. The molecule has 0 spiro atoms. The van der Waals surface area contributed by atoms with Crippen molar-refractivity contribution < 1.29 is 9.59 Å². The Morgan fingerprint density at radius 1 is 1.50 bits per heavy atom. The Morgan fingerprint density at radius 3 is 2.67 bits per heavy atom. The Balaban J connectivity index is 2.30. The minimum Gasteiger partial charge on any atom is -0.342 e. The average Bonchev–Trinajstić information content (AvgIpc) is 3.18. The Hall–Kier alpha value is -1.03. The summed E-state index contributed by atoms with van der Waals surface area (Å²) < 4.78 is 0. The molecule has 2 atom stereocenters. The van der Waals surface area contributed by atoms with Crippen LogP contribution in [0.3, 0.4) is 0 Å². The van der Waals surface area contributed by atoms with Crippen LogP contribution in [0.2, 0.25) is 0 Å². The molecule has 0 bridgehead atoms. The highest BCUT2D eigenvalue weighted by molar-refractivity contribution is 6.25. The van der Waals surface area contributed by atoms with Gasteiger partial charge < -0.3 is 10.2 Å². The zero-order chi connectivity index (χ0) is 13.3. The van der Waals surface area contributed by atoms with Crippen LogP contribution in [0, 0.1) is 5.92 Å². The minimum absolute atomic E-state index is 0.00117. The highest BCUT2D eigenvalue weighted by Crippen LogP contribution is 2.44. The molecule has 18 heavy (non-hydrogen) atoms. The summed E-state index contributed by atoms with van der Waals surface area (Å²) in [6, 6.07) is -0.395. The normalized spacial score (nSPS) is 33.1. The van der Waals surface area contributed by atoms with E-state index in [-0.39, 0.29) is 17.7 Å². The molecule has 0 radical (unpaired) electrons. The van der Waals surface area contributed by atoms with Gasteiger partial charge in [-0.1, -0.05) is 24.6 Å². The van der Waals surface area contributed by atoms with Crippen LogP contribution < -0.4 is 5.32 Å². The lowest BCUT2D eigenvalue weighted by Gasteiger charge is -2.46. The van der Waals surface area contributed by atoms with Gasteiger partial charge >= 0.3 is 0 Å². The number of nitrogens with zero attached hydrogens (tertiary/aromatic N) is 1. The van der Waals surface area contributed by atoms with Gasteiger partial charge in [-0.15, -0.1) is 0 Å². The van der Waals surface area contributed by atoms with Crippen LogP contribution >= 0.6 is 11.6 Å². The van der Waals surface area contributed by atoms with E-state index in [4.69, 9.17) is 11.6 Å². The SMILES string of the molecule is CCC1NC(=O)C(C)(C2CC2)N(C/C=C/Cl)C1=O. The van der Waals surface area contributed by atoms with Gasteiger partial charge in [0.15, 0.2) is 0 Å². The van der Waals surface area contributed by atoms with Crippen LogP contribution in [0.5, 0.6) is 0 Å². The Bertz CT molecular complexity index is 392. The minimum atomic E-state index is -0.709. The summed E-state index contributed by atoms with van der Waals surface area (Å²) in [6.07, 6.45) is 4.35. The number of piperazine rings is 1. The topological polar surface area (TPSA) is 49.4 Å². The summed E-state index contributed by atoms with van der Waals surface area (Å²) in [5, 5.41) is 2.85. The van der Waals surface area contributed by atoms with Crippen LogP contribution in [-0.2, 0) is 9.59 Å². The molecule has 2 amide bonds. The van der Waals surface area contributed by atoms with Gasteiger partial charge in [0.25, 0.3) is 0 Å². The van der Waals surface area contributed by atoms with Gasteiger partial charge in [-0.05, 0) is 32.1 Å². The maximum atomic E-state index is 12.4. The molecule has 2 aliphatic rings. The summed E-state index contributed by atoms with van der Waals surface area (Å²) in [4.78, 5) is 26.4. The second kappa shape index (κ2) is 4.92. The molecule has 0 aromatic heterocycles. The van der Waals surface area contributed by atoms with Crippen LogP contribution in [0.4, 0.5) is 0 Å². The van der Waals surface area contributed by atoms with E-state index in [0.717, 1.165) is 12.8 Å². The maximum absolute atomic E-state index is 12.4. The highest BCUT2D eigenvalue weighted by atomic mass is 35.5. The van der Waals surface area contributed by atoms with E-state index in [1.165, 1.54) is 5.54 Å². The lowest BCUT2D eigenvalue weighted by Crippen LogP contribution is -2.70. The molecule has 1 saturated carbocycles. The summed E-state index contributed by atoms with van der Waals surface area (Å²) in [7, 11) is 0. The number of nitrogens with one attached hydrogen (secondary N) is 1. The first-order valence-electron chi connectivity index (χ1n) is 6.43. The Labute approximate surface area is 112 Å². The van der Waals surface area contributed by atoms with Gasteiger partial charge in [-0.2, -0.15) is 0 Å². The van der Waals surface area contributed by atoms with E-state index in [9.17, 15) is 9.59 Å². The summed E-state index contributed by atoms with van der Waals surface area (Å²) >= 11 is 5.54. The first kappa shape index (κ1) is 13.4. The first-order valence-corrected chi connectivity index (χ1v) is 6.87. The quantitative estimate of drug-likeness (QED) is 0.844. The van der Waals surface area contributed by atoms with Crippen molar-refractivity contribution >= 4 is 23.4 Å². The number of halogens is 1. The van der Waals surface area contributed by atoms with Crippen molar-refractivity contribution in [2.45, 2.75) is 44.7 Å². The summed E-state index contributed by atoms with van der Waals surface area (Å²) in [5.74, 6) is 0.253. The number of amides is 2. The van der Waals surface area contributed by atoms with E-state index in [1.807, 2.05) is 13.8 Å². The molecule has 100 valence electrons. The molecule has 5 heteroatoms. The van der Waals surface area contributed by atoms with Gasteiger partial charge in [-0.25, -0.2) is 0 Å². The molecule has 1 aliphatic carbocycles. The number of hydrogen-bond acceptors (Lipinski definition) is 2. The molecule has 4 nitrogen and oxygen atoms in total. The molecule has 2 fully saturated rings. The number of carbonyl (C=O) groups excluding carboxylic acids is 2. The van der Waals surface area contributed by atoms with Gasteiger partial charge in [0.1, 0.15) is 11.6 Å². The summed E-state index contributed by atoms with van der Waals surface area (Å²) in [6.45, 7) is 4.17. The van der Waals surface area contributed by atoms with Crippen LogP contribution in [0.15, 0.2) is 11.6 Å². The third-order valence-electron chi connectivity index (χ3n) is 4.05. The van der Waals surface area contributed by atoms with Crippen LogP contribution in [-0.4, -0.2) is 34.8 Å². The first-order chi connectivity index (χ1) is 8.55. The van der Waals surface area contributed by atoms with Crippen molar-refractivity contribution in [3.63, 3.8) is 0 Å². The van der Waals surface area contributed by atoms with Crippen molar-refractivity contribution in [1.29, 1.82) is 0 Å². The zero-order valence-electron chi connectivity index (χ0n) is 10.8. The fourth-order valence-corrected chi connectivity index (χ4v) is 2.74. The maximum Gasteiger partial charge on any atom is 0.246 e. The smallest absolute Gasteiger partial charge is 0.246 e. The monoisotopic (exact) mass is 270 g/mol. The third-order valence-corrected chi connectivity index (χ3v) is 4.23. The molecule has 2 unspecified atom stereocenters. The molecule has 0 aromatic rings. The van der Waals surface area contributed by atoms with Crippen molar-refractivity contribution in [1.82, 2.24) is 10.2 Å². The second-order valence-corrected chi connectivity index (χ2v) is 5.42. The molecule has 2 rings (SSSR count). The van der Waals surface area contributed by atoms with Gasteiger partial charge in [0.2, 0.25) is 11.8 Å². The van der Waals surface area contributed by atoms with Crippen LogP contribution in [0.1, 0.15) is 33.1 Å². The number of hydrogen-bond donors (Lipinski definition) is 1. The van der Waals surface area contributed by atoms with Crippen LogP contribution in [0.25, 0.3) is 0 Å². The van der Waals surface area contributed by atoms with Gasteiger partial charge in [0, 0.05) is 12.1 Å². The molecule has 1 aliphatic heterocycles. The van der Waals surface area contributed by atoms with E-state index < -0.39 is 11.6 Å². The zero-order valence-corrected chi connectivity index (χ0v) is 11.5. The Kier molecular flexibility index (Phi) is 3.66. The predicted molar refractivity (Wildman–Crippen MR) is 70.1 cm³/mol. The standard InChI is InChI=1S/C13H19ClN2O2/c1-3-10-11(17)16(8-4-7-14)13(2,9-5-6-9)12(18)15-10/h4,7,9-10H,3,5-6,8H2,1-2H3,(H,15,18)/b7-4+. The number of rotatable bonds is 4. The lowest BCUT2D eigenvalue weighted by atomic mass is 9.87. The average molecular weight is 271 g/mol. The molecular weight excluding hydrogens is 252 g/mol. The molecule has 0 aromatic carbocycles. The van der Waals surface area contributed by atoms with E-state index in [0.29, 0.717) is 13.0 Å². The number of carbonyl (C=O) groups is 2. The molecule has 1 N–H and O–H groups in total. The van der Waals surface area contributed by atoms with E-state index >= 15 is 0 Å².